The molecule has 0 N–H and O–H groups in total. The normalized spacial score (nSPS) is 11.6. The van der Waals surface area contributed by atoms with Crippen molar-refractivity contribution in [3.8, 4) is 0 Å². The topological polar surface area (TPSA) is 19.9 Å². The third-order valence-electron chi connectivity index (χ3n) is 0.535. The Balaban J connectivity index is 2.98. The monoisotopic (exact) mass is 96.1 g/mol. The zero-order valence-electron chi connectivity index (χ0n) is 4.13. The summed E-state index contributed by atoms with van der Waals surface area (Å²) >= 11 is 0. The molecule has 0 unspecified atom stereocenters. The van der Waals surface area contributed by atoms with Crippen molar-refractivity contribution >= 4 is 0 Å². The third kappa shape index (κ3) is 5.28. The van der Waals surface area contributed by atoms with Crippen molar-refractivity contribution in [1.29, 1.82) is 0 Å². The third-order valence-corrected chi connectivity index (χ3v) is 0.535. The van der Waals surface area contributed by atoms with E-state index in [-0.39, 0.29) is 0 Å². The maximum atomic E-state index is 9.57. The molecule has 0 saturated carbocycles. The molecule has 2 radical (unpaired) electrons. The van der Waals surface area contributed by atoms with Gasteiger partial charge in [0.15, 0.2) is 0 Å². The van der Waals surface area contributed by atoms with Gasteiger partial charge in [0.25, 0.3) is 0 Å². The first-order valence-corrected chi connectivity index (χ1v) is 2.13. The van der Waals surface area contributed by atoms with Gasteiger partial charge in [-0.05, 0) is 19.4 Å². The maximum Gasteiger partial charge on any atom is 0.139 e. The van der Waals surface area contributed by atoms with Crippen LogP contribution in [-0.2, 0) is 5.11 Å². The highest BCUT2D eigenvalue weighted by atomic mass is 16.2. The fourth-order valence-electron chi connectivity index (χ4n) is 0.230. The van der Waals surface area contributed by atoms with E-state index in [2.05, 4.69) is 6.92 Å². The number of allylic oxidation sites excluding steroid dienone is 3. The van der Waals surface area contributed by atoms with Gasteiger partial charge in [0, 0.05) is 0 Å². The molecule has 0 aromatic heterocycles. The van der Waals surface area contributed by atoms with Crippen LogP contribution in [0.2, 0.25) is 0 Å². The molecule has 0 aromatic rings. The molecule has 0 amide bonds. The average molecular weight is 96.1 g/mol. The van der Waals surface area contributed by atoms with E-state index in [4.69, 9.17) is 0 Å². The Bertz CT molecular complexity index is 62.2. The van der Waals surface area contributed by atoms with Crippen LogP contribution in [0.5, 0.6) is 0 Å². The lowest BCUT2D eigenvalue weighted by Crippen LogP contribution is -1.53. The molecule has 0 bridgehead atoms. The molecule has 0 aliphatic heterocycles. The van der Waals surface area contributed by atoms with Gasteiger partial charge in [-0.2, -0.15) is 0 Å². The molecule has 0 atom stereocenters. The fourth-order valence-corrected chi connectivity index (χ4v) is 0.230. The van der Waals surface area contributed by atoms with Gasteiger partial charge < -0.3 is 0 Å². The van der Waals surface area contributed by atoms with Crippen LogP contribution in [0.15, 0.2) is 24.5 Å². The zero-order chi connectivity index (χ0) is 5.54. The lowest BCUT2D eigenvalue weighted by Gasteiger charge is -1.71. The summed E-state index contributed by atoms with van der Waals surface area (Å²) in [6.07, 6.45) is 6.49. The van der Waals surface area contributed by atoms with E-state index in [1.807, 2.05) is 6.08 Å². The van der Waals surface area contributed by atoms with Crippen LogP contribution in [0, 0.1) is 6.92 Å². The highest BCUT2D eigenvalue weighted by Gasteiger charge is 1.64. The number of hydrogen-bond donors (Lipinski definition) is 0. The van der Waals surface area contributed by atoms with Crippen LogP contribution in [0.1, 0.15) is 6.42 Å². The molecule has 0 rings (SSSR count). The van der Waals surface area contributed by atoms with Crippen LogP contribution in [0.4, 0.5) is 0 Å². The van der Waals surface area contributed by atoms with E-state index in [9.17, 15) is 5.11 Å². The van der Waals surface area contributed by atoms with Crippen molar-refractivity contribution in [3.63, 3.8) is 0 Å². The highest BCUT2D eigenvalue weighted by molar-refractivity contribution is 4.90. The van der Waals surface area contributed by atoms with E-state index < -0.39 is 0 Å². The van der Waals surface area contributed by atoms with Crippen LogP contribution in [0.3, 0.4) is 0 Å². The summed E-state index contributed by atoms with van der Waals surface area (Å²) in [5, 5.41) is 9.57. The van der Waals surface area contributed by atoms with Gasteiger partial charge in [-0.3, -0.25) is 5.11 Å². The maximum absolute atomic E-state index is 9.57. The quantitative estimate of drug-likeness (QED) is 0.466. The van der Waals surface area contributed by atoms with Crippen molar-refractivity contribution in [2.45, 2.75) is 6.42 Å². The standard InChI is InChI=1S/C6H8O/c1-2-3-4-5-6-7/h2-3,5-6H,1,4H2. The molecule has 0 saturated heterocycles. The van der Waals surface area contributed by atoms with Crippen molar-refractivity contribution < 1.29 is 5.11 Å². The average Bonchev–Trinajstić information content (AvgIpc) is 1.69. The SMILES string of the molecule is [CH2]C=CCC=C[O]. The molecule has 0 heterocycles. The molecule has 0 aromatic carbocycles. The van der Waals surface area contributed by atoms with Gasteiger partial charge in [-0.25, -0.2) is 0 Å². The van der Waals surface area contributed by atoms with Crippen molar-refractivity contribution in [2.75, 3.05) is 0 Å². The predicted molar refractivity (Wildman–Crippen MR) is 28.9 cm³/mol. The van der Waals surface area contributed by atoms with Gasteiger partial charge in [0.05, 0.1) is 0 Å². The Morgan fingerprint density at radius 2 is 2.14 bits per heavy atom. The second-order valence-electron chi connectivity index (χ2n) is 1.08. The Kier molecular flexibility index (Phi) is 4.74. The van der Waals surface area contributed by atoms with Gasteiger partial charge in [0.1, 0.15) is 6.26 Å². The zero-order valence-corrected chi connectivity index (χ0v) is 4.13. The molecule has 1 nitrogen and oxygen atoms in total. The van der Waals surface area contributed by atoms with E-state index in [0.29, 0.717) is 6.42 Å². The van der Waals surface area contributed by atoms with Crippen LogP contribution in [-0.4, -0.2) is 0 Å². The van der Waals surface area contributed by atoms with Gasteiger partial charge in [0.2, 0.25) is 0 Å². The smallest absolute Gasteiger partial charge is 0.139 e. The molecule has 0 spiro atoms. The van der Waals surface area contributed by atoms with E-state index in [0.717, 1.165) is 6.26 Å². The Morgan fingerprint density at radius 3 is 2.57 bits per heavy atom. The second kappa shape index (κ2) is 5.28. The lowest BCUT2D eigenvalue weighted by molar-refractivity contribution is 0.350. The molecule has 0 aliphatic carbocycles. The van der Waals surface area contributed by atoms with Crippen LogP contribution >= 0.6 is 0 Å². The summed E-state index contributed by atoms with van der Waals surface area (Å²) in [6.45, 7) is 3.44. The second-order valence-corrected chi connectivity index (χ2v) is 1.08. The van der Waals surface area contributed by atoms with Gasteiger partial charge in [-0.15, -0.1) is 0 Å². The first-order chi connectivity index (χ1) is 3.41. The molecule has 1 heteroatoms. The summed E-state index contributed by atoms with van der Waals surface area (Å²) in [5.41, 5.74) is 0. The summed E-state index contributed by atoms with van der Waals surface area (Å²) in [4.78, 5) is 0. The number of rotatable bonds is 2. The Labute approximate surface area is 44.0 Å². The van der Waals surface area contributed by atoms with E-state index in [1.54, 1.807) is 6.08 Å². The van der Waals surface area contributed by atoms with Crippen LogP contribution < -0.4 is 0 Å². The molecular weight excluding hydrogens is 88.1 g/mol. The van der Waals surface area contributed by atoms with Crippen molar-refractivity contribution in [2.24, 2.45) is 0 Å². The summed E-state index contributed by atoms with van der Waals surface area (Å²) in [6, 6.07) is 0. The lowest BCUT2D eigenvalue weighted by atomic mass is 10.4. The summed E-state index contributed by atoms with van der Waals surface area (Å²) < 4.78 is 0. The first-order valence-electron chi connectivity index (χ1n) is 2.13. The van der Waals surface area contributed by atoms with E-state index >= 15 is 0 Å². The minimum atomic E-state index is 0.701. The predicted octanol–water partition coefficient (Wildman–Crippen LogP) is 1.71. The van der Waals surface area contributed by atoms with Crippen molar-refractivity contribution in [1.82, 2.24) is 0 Å². The van der Waals surface area contributed by atoms with Gasteiger partial charge in [-0.1, -0.05) is 12.2 Å². The Morgan fingerprint density at radius 1 is 1.43 bits per heavy atom. The van der Waals surface area contributed by atoms with E-state index in [1.165, 1.54) is 6.08 Å². The Hall–Kier alpha value is -0.720. The largest absolute Gasteiger partial charge is 0.299 e. The molecule has 7 heavy (non-hydrogen) atoms. The molecule has 0 fully saturated rings. The number of hydrogen-bond acceptors (Lipinski definition) is 0. The molecule has 0 aliphatic rings. The fraction of sp³-hybridized carbons (Fsp3) is 0.167. The summed E-state index contributed by atoms with van der Waals surface area (Å²) in [7, 11) is 0. The van der Waals surface area contributed by atoms with Gasteiger partial charge >= 0.3 is 0 Å². The first kappa shape index (κ1) is 6.28. The minimum Gasteiger partial charge on any atom is -0.299 e. The minimum absolute atomic E-state index is 0.701. The highest BCUT2D eigenvalue weighted by Crippen LogP contribution is 1.81. The molecule has 38 valence electrons. The van der Waals surface area contributed by atoms with Crippen molar-refractivity contribution in [3.05, 3.63) is 31.4 Å². The van der Waals surface area contributed by atoms with Crippen LogP contribution in [0.25, 0.3) is 0 Å². The summed E-state index contributed by atoms with van der Waals surface area (Å²) in [5.74, 6) is 0. The molecular formula is C6H8O.